The highest BCUT2D eigenvalue weighted by molar-refractivity contribution is 5.70. The Kier molecular flexibility index (Phi) is 3.42. The van der Waals surface area contributed by atoms with Crippen LogP contribution in [0.2, 0.25) is 0 Å². The summed E-state index contributed by atoms with van der Waals surface area (Å²) in [6.45, 7) is 7.21. The lowest BCUT2D eigenvalue weighted by molar-refractivity contribution is 0.378. The number of hydrogen-bond donors (Lipinski definition) is 1. The molecule has 0 radical (unpaired) electrons. The molecule has 2 aliphatic rings. The predicted octanol–water partition coefficient (Wildman–Crippen LogP) is 4.28. The van der Waals surface area contributed by atoms with Gasteiger partial charge in [0.1, 0.15) is 0 Å². The van der Waals surface area contributed by atoms with Crippen LogP contribution in [0.5, 0.6) is 0 Å². The molecule has 0 spiro atoms. The summed E-state index contributed by atoms with van der Waals surface area (Å²) in [5.74, 6) is 0. The Morgan fingerprint density at radius 1 is 1.16 bits per heavy atom. The molecule has 1 aliphatic heterocycles. The summed E-state index contributed by atoms with van der Waals surface area (Å²) in [4.78, 5) is 2.53. The van der Waals surface area contributed by atoms with Gasteiger partial charge in [-0.05, 0) is 49.7 Å². The van der Waals surface area contributed by atoms with Crippen molar-refractivity contribution in [1.29, 1.82) is 0 Å². The molecule has 1 aromatic carbocycles. The number of rotatable bonds is 3. The van der Waals surface area contributed by atoms with Crippen molar-refractivity contribution in [2.75, 3.05) is 23.3 Å². The van der Waals surface area contributed by atoms with Crippen LogP contribution < -0.4 is 10.2 Å². The van der Waals surface area contributed by atoms with E-state index in [0.717, 1.165) is 0 Å². The summed E-state index contributed by atoms with van der Waals surface area (Å²) in [6, 6.07) is 9.49. The SMILES string of the molecule is CC1(C)CCC(Nc2ccccc2N2CCCC2)C1. The molecular formula is C17H26N2. The van der Waals surface area contributed by atoms with Gasteiger partial charge in [0.25, 0.3) is 0 Å². The van der Waals surface area contributed by atoms with Crippen LogP contribution in [0.1, 0.15) is 46.0 Å². The minimum Gasteiger partial charge on any atom is -0.381 e. The van der Waals surface area contributed by atoms with Crippen molar-refractivity contribution in [1.82, 2.24) is 0 Å². The molecule has 2 fully saturated rings. The monoisotopic (exact) mass is 258 g/mol. The van der Waals surface area contributed by atoms with Gasteiger partial charge in [0.05, 0.1) is 11.4 Å². The Hall–Kier alpha value is -1.18. The molecule has 2 nitrogen and oxygen atoms in total. The van der Waals surface area contributed by atoms with Gasteiger partial charge < -0.3 is 10.2 Å². The minimum atomic E-state index is 0.514. The third-order valence-electron chi connectivity index (χ3n) is 4.68. The smallest absolute Gasteiger partial charge is 0.0602 e. The lowest BCUT2D eigenvalue weighted by atomic mass is 9.92. The van der Waals surface area contributed by atoms with Crippen LogP contribution in [0.4, 0.5) is 11.4 Å². The molecule has 1 N–H and O–H groups in total. The van der Waals surface area contributed by atoms with E-state index < -0.39 is 0 Å². The number of anilines is 2. The van der Waals surface area contributed by atoms with E-state index in [4.69, 9.17) is 0 Å². The molecule has 104 valence electrons. The largest absolute Gasteiger partial charge is 0.381 e. The Balaban J connectivity index is 1.74. The molecule has 3 rings (SSSR count). The quantitative estimate of drug-likeness (QED) is 0.870. The number of benzene rings is 1. The van der Waals surface area contributed by atoms with Crippen LogP contribution in [0.15, 0.2) is 24.3 Å². The molecule has 2 heteroatoms. The van der Waals surface area contributed by atoms with Gasteiger partial charge in [0.15, 0.2) is 0 Å². The van der Waals surface area contributed by atoms with Crippen molar-refractivity contribution >= 4 is 11.4 Å². The molecule has 1 atom stereocenters. The fourth-order valence-corrected chi connectivity index (χ4v) is 3.61. The predicted molar refractivity (Wildman–Crippen MR) is 82.9 cm³/mol. The highest BCUT2D eigenvalue weighted by Crippen LogP contribution is 2.39. The van der Waals surface area contributed by atoms with Crippen molar-refractivity contribution < 1.29 is 0 Å². The zero-order valence-corrected chi connectivity index (χ0v) is 12.3. The van der Waals surface area contributed by atoms with Crippen molar-refractivity contribution in [2.45, 2.75) is 52.0 Å². The van der Waals surface area contributed by atoms with Crippen molar-refractivity contribution in [2.24, 2.45) is 5.41 Å². The number of hydrogen-bond acceptors (Lipinski definition) is 2. The van der Waals surface area contributed by atoms with Gasteiger partial charge in [0, 0.05) is 19.1 Å². The van der Waals surface area contributed by atoms with Gasteiger partial charge in [-0.3, -0.25) is 0 Å². The zero-order chi connectivity index (χ0) is 13.3. The van der Waals surface area contributed by atoms with Gasteiger partial charge in [-0.15, -0.1) is 0 Å². The molecule has 0 bridgehead atoms. The van der Waals surface area contributed by atoms with Crippen LogP contribution in [0.3, 0.4) is 0 Å². The molecule has 1 aliphatic carbocycles. The Morgan fingerprint density at radius 2 is 1.89 bits per heavy atom. The number of nitrogens with one attached hydrogen (secondary N) is 1. The van der Waals surface area contributed by atoms with Gasteiger partial charge in [0.2, 0.25) is 0 Å². The summed E-state index contributed by atoms with van der Waals surface area (Å²) in [5, 5.41) is 3.80. The molecule has 0 amide bonds. The Labute approximate surface area is 117 Å². The maximum Gasteiger partial charge on any atom is 0.0602 e. The third kappa shape index (κ3) is 2.88. The van der Waals surface area contributed by atoms with E-state index in [1.807, 2.05) is 0 Å². The summed E-state index contributed by atoms with van der Waals surface area (Å²) in [6.07, 6.45) is 6.62. The van der Waals surface area contributed by atoms with Crippen LogP contribution in [-0.4, -0.2) is 19.1 Å². The molecule has 1 unspecified atom stereocenters. The fourth-order valence-electron chi connectivity index (χ4n) is 3.61. The third-order valence-corrected chi connectivity index (χ3v) is 4.68. The first-order valence-corrected chi connectivity index (χ1v) is 7.75. The van der Waals surface area contributed by atoms with E-state index in [2.05, 4.69) is 48.3 Å². The second-order valence-electron chi connectivity index (χ2n) is 6.96. The van der Waals surface area contributed by atoms with E-state index in [9.17, 15) is 0 Å². The Bertz CT molecular complexity index is 433. The lowest BCUT2D eigenvalue weighted by Crippen LogP contribution is -2.22. The molecular weight excluding hydrogens is 232 g/mol. The highest BCUT2D eigenvalue weighted by atomic mass is 15.2. The second kappa shape index (κ2) is 5.07. The minimum absolute atomic E-state index is 0.514. The topological polar surface area (TPSA) is 15.3 Å². The molecule has 1 saturated heterocycles. The summed E-state index contributed by atoms with van der Waals surface area (Å²) in [5.41, 5.74) is 3.26. The molecule has 1 aromatic rings. The summed E-state index contributed by atoms with van der Waals surface area (Å²) in [7, 11) is 0. The standard InChI is InChI=1S/C17H26N2/c1-17(2)10-9-14(13-17)18-15-7-3-4-8-16(15)19-11-5-6-12-19/h3-4,7-8,14,18H,5-6,9-13H2,1-2H3. The molecule has 19 heavy (non-hydrogen) atoms. The van der Waals surface area contributed by atoms with Crippen molar-refractivity contribution in [3.8, 4) is 0 Å². The summed E-state index contributed by atoms with van der Waals surface area (Å²) < 4.78 is 0. The summed E-state index contributed by atoms with van der Waals surface area (Å²) >= 11 is 0. The first kappa shape index (κ1) is 12.8. The highest BCUT2D eigenvalue weighted by Gasteiger charge is 2.31. The van der Waals surface area contributed by atoms with Gasteiger partial charge in [-0.1, -0.05) is 26.0 Å². The van der Waals surface area contributed by atoms with Crippen LogP contribution in [0.25, 0.3) is 0 Å². The van der Waals surface area contributed by atoms with E-state index in [-0.39, 0.29) is 0 Å². The molecule has 0 aromatic heterocycles. The van der Waals surface area contributed by atoms with Crippen LogP contribution >= 0.6 is 0 Å². The van der Waals surface area contributed by atoms with Gasteiger partial charge in [-0.2, -0.15) is 0 Å². The first-order chi connectivity index (χ1) is 9.14. The number of para-hydroxylation sites is 2. The van der Waals surface area contributed by atoms with Crippen LogP contribution in [-0.2, 0) is 0 Å². The normalized spacial score (nSPS) is 25.8. The van der Waals surface area contributed by atoms with E-state index in [1.54, 1.807) is 0 Å². The Morgan fingerprint density at radius 3 is 2.58 bits per heavy atom. The van der Waals surface area contributed by atoms with Gasteiger partial charge >= 0.3 is 0 Å². The first-order valence-electron chi connectivity index (χ1n) is 7.75. The van der Waals surface area contributed by atoms with E-state index in [0.29, 0.717) is 11.5 Å². The van der Waals surface area contributed by atoms with E-state index in [1.165, 1.54) is 56.6 Å². The van der Waals surface area contributed by atoms with Crippen molar-refractivity contribution in [3.05, 3.63) is 24.3 Å². The van der Waals surface area contributed by atoms with Crippen molar-refractivity contribution in [3.63, 3.8) is 0 Å². The molecule has 1 heterocycles. The average molecular weight is 258 g/mol. The zero-order valence-electron chi connectivity index (χ0n) is 12.3. The average Bonchev–Trinajstić information content (AvgIpc) is 3.00. The number of nitrogens with zero attached hydrogens (tertiary/aromatic N) is 1. The van der Waals surface area contributed by atoms with Gasteiger partial charge in [-0.25, -0.2) is 0 Å². The van der Waals surface area contributed by atoms with Crippen LogP contribution in [0, 0.1) is 5.41 Å². The second-order valence-corrected chi connectivity index (χ2v) is 6.96. The maximum absolute atomic E-state index is 3.80. The molecule has 1 saturated carbocycles. The lowest BCUT2D eigenvalue weighted by Gasteiger charge is -2.25. The fraction of sp³-hybridized carbons (Fsp3) is 0.647. The maximum atomic E-state index is 3.80. The van der Waals surface area contributed by atoms with E-state index >= 15 is 0 Å².